The summed E-state index contributed by atoms with van der Waals surface area (Å²) in [4.78, 5) is 14.9. The zero-order valence-electron chi connectivity index (χ0n) is 14.2. The molecule has 2 aromatic carbocycles. The number of fused-ring (bicyclic) bond motifs is 2. The Morgan fingerprint density at radius 1 is 1.08 bits per heavy atom. The van der Waals surface area contributed by atoms with Crippen molar-refractivity contribution in [3.63, 3.8) is 0 Å². The lowest BCUT2D eigenvalue weighted by molar-refractivity contribution is 0.0984. The van der Waals surface area contributed by atoms with E-state index in [2.05, 4.69) is 0 Å². The Hall–Kier alpha value is -2.89. The number of benzene rings is 2. The highest BCUT2D eigenvalue weighted by Gasteiger charge is 2.28. The smallest absolute Gasteiger partial charge is 0.258 e. The third-order valence-electron chi connectivity index (χ3n) is 4.58. The number of carbonyl (C=O) groups excluding carboxylic acids is 1. The van der Waals surface area contributed by atoms with Gasteiger partial charge in [-0.25, -0.2) is 0 Å². The average molecular weight is 341 g/mol. The third-order valence-corrected chi connectivity index (χ3v) is 4.58. The number of nitrogens with zero attached hydrogens (tertiary/aromatic N) is 1. The Bertz CT molecular complexity index is 833. The van der Waals surface area contributed by atoms with E-state index in [1.165, 1.54) is 0 Å². The lowest BCUT2D eigenvalue weighted by atomic mass is 9.99. The summed E-state index contributed by atoms with van der Waals surface area (Å²) in [5.74, 6) is 2.61. The van der Waals surface area contributed by atoms with E-state index < -0.39 is 0 Å². The van der Waals surface area contributed by atoms with Crippen molar-refractivity contribution in [2.24, 2.45) is 0 Å². The van der Waals surface area contributed by atoms with Crippen LogP contribution in [0.4, 0.5) is 5.69 Å². The number of hydrogen-bond acceptors (Lipinski definition) is 5. The minimum absolute atomic E-state index is 0.0745. The van der Waals surface area contributed by atoms with E-state index >= 15 is 0 Å². The van der Waals surface area contributed by atoms with Crippen LogP contribution < -0.4 is 23.8 Å². The van der Waals surface area contributed by atoms with Crippen LogP contribution in [0.3, 0.4) is 0 Å². The second kappa shape index (κ2) is 6.20. The molecule has 0 saturated carbocycles. The second-order valence-corrected chi connectivity index (χ2v) is 5.96. The fourth-order valence-corrected chi connectivity index (χ4v) is 3.33. The first-order valence-corrected chi connectivity index (χ1v) is 8.17. The molecule has 0 atom stereocenters. The highest BCUT2D eigenvalue weighted by Crippen LogP contribution is 2.39. The lowest BCUT2D eigenvalue weighted by Crippen LogP contribution is -2.35. The topological polar surface area (TPSA) is 57.2 Å². The maximum Gasteiger partial charge on any atom is 0.258 e. The molecule has 1 amide bonds. The van der Waals surface area contributed by atoms with Gasteiger partial charge in [0.05, 0.1) is 19.9 Å². The molecule has 0 aliphatic carbocycles. The van der Waals surface area contributed by atoms with Crippen LogP contribution >= 0.6 is 0 Å². The summed E-state index contributed by atoms with van der Waals surface area (Å²) < 4.78 is 21.6. The van der Waals surface area contributed by atoms with Crippen LogP contribution in [0.25, 0.3) is 0 Å². The van der Waals surface area contributed by atoms with E-state index in [1.807, 2.05) is 12.1 Å². The monoisotopic (exact) mass is 341 g/mol. The fourth-order valence-electron chi connectivity index (χ4n) is 3.33. The second-order valence-electron chi connectivity index (χ2n) is 5.96. The van der Waals surface area contributed by atoms with Gasteiger partial charge >= 0.3 is 0 Å². The molecular weight excluding hydrogens is 322 g/mol. The Labute approximate surface area is 145 Å². The molecule has 0 spiro atoms. The Morgan fingerprint density at radius 3 is 2.72 bits per heavy atom. The maximum atomic E-state index is 13.1. The van der Waals surface area contributed by atoms with Crippen molar-refractivity contribution >= 4 is 11.6 Å². The first-order chi connectivity index (χ1) is 12.2. The summed E-state index contributed by atoms with van der Waals surface area (Å²) in [6, 6.07) is 9.01. The number of methoxy groups -OCH3 is 2. The van der Waals surface area contributed by atoms with Gasteiger partial charge < -0.3 is 23.8 Å². The summed E-state index contributed by atoms with van der Waals surface area (Å²) in [5, 5.41) is 0. The Morgan fingerprint density at radius 2 is 1.92 bits per heavy atom. The predicted octanol–water partition coefficient (Wildman–Crippen LogP) is 3.03. The largest absolute Gasteiger partial charge is 0.497 e. The van der Waals surface area contributed by atoms with Gasteiger partial charge in [0.15, 0.2) is 11.5 Å². The molecule has 6 heteroatoms. The van der Waals surface area contributed by atoms with Gasteiger partial charge in [-0.15, -0.1) is 0 Å². The molecule has 0 unspecified atom stereocenters. The van der Waals surface area contributed by atoms with Gasteiger partial charge in [0.25, 0.3) is 5.91 Å². The summed E-state index contributed by atoms with van der Waals surface area (Å²) in [6.07, 6.45) is 1.75. The van der Waals surface area contributed by atoms with Crippen LogP contribution in [0.5, 0.6) is 23.0 Å². The van der Waals surface area contributed by atoms with Crippen LogP contribution in [-0.4, -0.2) is 33.5 Å². The molecule has 0 N–H and O–H groups in total. The lowest BCUT2D eigenvalue weighted by Gasteiger charge is -2.31. The van der Waals surface area contributed by atoms with Gasteiger partial charge in [-0.05, 0) is 31.0 Å². The number of amides is 1. The number of hydrogen-bond donors (Lipinski definition) is 0. The molecule has 130 valence electrons. The molecule has 2 aromatic rings. The average Bonchev–Trinajstić information content (AvgIpc) is 3.13. The molecule has 6 nitrogen and oxygen atoms in total. The van der Waals surface area contributed by atoms with Crippen molar-refractivity contribution in [2.75, 3.05) is 32.5 Å². The molecule has 4 rings (SSSR count). The number of rotatable bonds is 3. The first kappa shape index (κ1) is 15.6. The van der Waals surface area contributed by atoms with E-state index in [0.29, 0.717) is 29.4 Å². The molecule has 0 fully saturated rings. The van der Waals surface area contributed by atoms with Gasteiger partial charge in [-0.2, -0.15) is 0 Å². The molecule has 0 saturated heterocycles. The molecule has 2 aliphatic heterocycles. The van der Waals surface area contributed by atoms with Crippen molar-refractivity contribution < 1.29 is 23.7 Å². The molecule has 0 bridgehead atoms. The van der Waals surface area contributed by atoms with E-state index in [4.69, 9.17) is 18.9 Å². The minimum Gasteiger partial charge on any atom is -0.497 e. The van der Waals surface area contributed by atoms with Crippen molar-refractivity contribution in [1.82, 2.24) is 0 Å². The minimum atomic E-state index is -0.0745. The van der Waals surface area contributed by atoms with Crippen molar-refractivity contribution in [1.29, 1.82) is 0 Å². The first-order valence-electron chi connectivity index (χ1n) is 8.17. The van der Waals surface area contributed by atoms with Crippen LogP contribution in [0.1, 0.15) is 22.3 Å². The highest BCUT2D eigenvalue weighted by molar-refractivity contribution is 6.07. The zero-order chi connectivity index (χ0) is 17.4. The van der Waals surface area contributed by atoms with E-state index in [0.717, 1.165) is 29.8 Å². The SMILES string of the molecule is COc1cc(OC)c2c(c1)N(C(=O)c1ccc3c(c1)OCO3)CCC2. The highest BCUT2D eigenvalue weighted by atomic mass is 16.7. The zero-order valence-corrected chi connectivity index (χ0v) is 14.2. The molecule has 2 heterocycles. The van der Waals surface area contributed by atoms with Crippen LogP contribution in [0.2, 0.25) is 0 Å². The van der Waals surface area contributed by atoms with Gasteiger partial charge in [-0.1, -0.05) is 0 Å². The van der Waals surface area contributed by atoms with Gasteiger partial charge in [0, 0.05) is 29.8 Å². The number of ether oxygens (including phenoxy) is 4. The summed E-state index contributed by atoms with van der Waals surface area (Å²) in [6.45, 7) is 0.838. The molecular formula is C19H19NO5. The molecule has 25 heavy (non-hydrogen) atoms. The molecule has 0 aromatic heterocycles. The van der Waals surface area contributed by atoms with Gasteiger partial charge in [0.1, 0.15) is 11.5 Å². The number of carbonyl (C=O) groups is 1. The maximum absolute atomic E-state index is 13.1. The van der Waals surface area contributed by atoms with Crippen molar-refractivity contribution in [2.45, 2.75) is 12.8 Å². The van der Waals surface area contributed by atoms with E-state index in [1.54, 1.807) is 37.3 Å². The third kappa shape index (κ3) is 2.63. The normalized spacial score (nSPS) is 14.9. The van der Waals surface area contributed by atoms with E-state index in [-0.39, 0.29) is 12.7 Å². The van der Waals surface area contributed by atoms with Crippen molar-refractivity contribution in [3.8, 4) is 23.0 Å². The standard InChI is InChI=1S/C19H19NO5/c1-22-13-9-15-14(17(10-13)23-2)4-3-7-20(15)19(21)12-5-6-16-18(8-12)25-11-24-16/h5-6,8-10H,3-4,7,11H2,1-2H3. The van der Waals surface area contributed by atoms with Crippen LogP contribution in [0.15, 0.2) is 30.3 Å². The molecule has 0 radical (unpaired) electrons. The van der Waals surface area contributed by atoms with Gasteiger partial charge in [-0.3, -0.25) is 4.79 Å². The molecule has 2 aliphatic rings. The predicted molar refractivity (Wildman–Crippen MR) is 92.1 cm³/mol. The Kier molecular flexibility index (Phi) is 3.87. The summed E-state index contributed by atoms with van der Waals surface area (Å²) in [7, 11) is 3.24. The number of anilines is 1. The van der Waals surface area contributed by atoms with Crippen molar-refractivity contribution in [3.05, 3.63) is 41.5 Å². The van der Waals surface area contributed by atoms with Crippen LogP contribution in [-0.2, 0) is 6.42 Å². The summed E-state index contributed by atoms with van der Waals surface area (Å²) >= 11 is 0. The van der Waals surface area contributed by atoms with E-state index in [9.17, 15) is 4.79 Å². The Balaban J connectivity index is 1.74. The van der Waals surface area contributed by atoms with Gasteiger partial charge in [0.2, 0.25) is 6.79 Å². The fraction of sp³-hybridized carbons (Fsp3) is 0.316. The van der Waals surface area contributed by atoms with Crippen LogP contribution in [0, 0.1) is 0 Å². The quantitative estimate of drug-likeness (QED) is 0.859. The summed E-state index contributed by atoms with van der Waals surface area (Å²) in [5.41, 5.74) is 2.44.